The Labute approximate surface area is 207 Å². The number of furan rings is 1. The zero-order chi connectivity index (χ0) is 25.1. The molecular formula is C29H23N3O4. The molecule has 36 heavy (non-hydrogen) atoms. The summed E-state index contributed by atoms with van der Waals surface area (Å²) in [5.41, 5.74) is 11.7. The Kier molecular flexibility index (Phi) is 6.19. The van der Waals surface area contributed by atoms with Gasteiger partial charge in [-0.25, -0.2) is 9.78 Å². The highest BCUT2D eigenvalue weighted by atomic mass is 16.5. The van der Waals surface area contributed by atoms with Crippen LogP contribution in [0.1, 0.15) is 27.8 Å². The molecule has 3 N–H and O–H groups in total. The molecule has 0 spiro atoms. The van der Waals surface area contributed by atoms with Crippen molar-refractivity contribution >= 4 is 34.4 Å². The van der Waals surface area contributed by atoms with Crippen molar-refractivity contribution in [2.45, 2.75) is 6.92 Å². The maximum absolute atomic E-state index is 13.0. The summed E-state index contributed by atoms with van der Waals surface area (Å²) < 4.78 is 10.6. The summed E-state index contributed by atoms with van der Waals surface area (Å²) in [5, 5.41) is 2.97. The number of nitrogens with one attached hydrogen (secondary N) is 1. The summed E-state index contributed by atoms with van der Waals surface area (Å²) in [6.45, 7) is 1.91. The maximum Gasteiger partial charge on any atom is 0.376 e. The van der Waals surface area contributed by atoms with Crippen LogP contribution in [-0.2, 0) is 4.74 Å². The summed E-state index contributed by atoms with van der Waals surface area (Å²) in [7, 11) is 0. The number of nitrogens with zero attached hydrogens (tertiary/aromatic N) is 1. The van der Waals surface area contributed by atoms with Gasteiger partial charge in [-0.3, -0.25) is 4.79 Å². The van der Waals surface area contributed by atoms with E-state index in [1.54, 1.807) is 37.4 Å². The number of nitrogens with two attached hydrogens (primary N) is 1. The van der Waals surface area contributed by atoms with Crippen LogP contribution in [0.2, 0.25) is 0 Å². The standard InChI is InChI=1S/C29H23N3O4/c1-2-35-29(34)27-25(30)26-24(36-27)16-22(17-31-26)19-10-6-12-21(14-19)28(33)32-23-13-7-11-20(15-23)18-8-4-3-5-9-18/h3-17H,2,30H2,1H3,(H,32,33). The Balaban J connectivity index is 1.40. The molecule has 5 aromatic rings. The van der Waals surface area contributed by atoms with Crippen molar-refractivity contribution in [1.82, 2.24) is 4.98 Å². The molecule has 2 heterocycles. The second-order valence-electron chi connectivity index (χ2n) is 8.12. The first kappa shape index (κ1) is 22.9. The summed E-state index contributed by atoms with van der Waals surface area (Å²) >= 11 is 0. The Morgan fingerprint density at radius 3 is 2.39 bits per heavy atom. The van der Waals surface area contributed by atoms with Gasteiger partial charge in [0.2, 0.25) is 5.76 Å². The molecular weight excluding hydrogens is 454 g/mol. The smallest absolute Gasteiger partial charge is 0.376 e. The number of esters is 1. The molecule has 0 radical (unpaired) electrons. The van der Waals surface area contributed by atoms with Crippen molar-refractivity contribution in [2.75, 3.05) is 17.7 Å². The number of fused-ring (bicyclic) bond motifs is 1. The Morgan fingerprint density at radius 2 is 1.61 bits per heavy atom. The van der Waals surface area contributed by atoms with Crippen LogP contribution in [0.5, 0.6) is 0 Å². The van der Waals surface area contributed by atoms with Gasteiger partial charge in [-0.2, -0.15) is 0 Å². The number of ether oxygens (including phenoxy) is 1. The van der Waals surface area contributed by atoms with Crippen LogP contribution >= 0.6 is 0 Å². The van der Waals surface area contributed by atoms with Crippen LogP contribution in [0.4, 0.5) is 11.4 Å². The lowest BCUT2D eigenvalue weighted by atomic mass is 10.0. The van der Waals surface area contributed by atoms with Gasteiger partial charge >= 0.3 is 5.97 Å². The highest BCUT2D eigenvalue weighted by Gasteiger charge is 2.21. The van der Waals surface area contributed by atoms with Crippen molar-refractivity contribution in [1.29, 1.82) is 0 Å². The Bertz CT molecular complexity index is 1570. The molecule has 0 aliphatic heterocycles. The highest BCUT2D eigenvalue weighted by Crippen LogP contribution is 2.31. The molecule has 0 aliphatic rings. The molecule has 0 unspecified atom stereocenters. The molecule has 5 rings (SSSR count). The number of aromatic nitrogens is 1. The fraction of sp³-hybridized carbons (Fsp3) is 0.0690. The first-order valence-corrected chi connectivity index (χ1v) is 11.5. The topological polar surface area (TPSA) is 107 Å². The molecule has 1 amide bonds. The first-order valence-electron chi connectivity index (χ1n) is 11.5. The van der Waals surface area contributed by atoms with Crippen LogP contribution in [0.15, 0.2) is 95.5 Å². The summed E-state index contributed by atoms with van der Waals surface area (Å²) in [6.07, 6.45) is 1.63. The molecule has 2 aromatic heterocycles. The van der Waals surface area contributed by atoms with Gasteiger partial charge in [0.1, 0.15) is 11.2 Å². The minimum Gasteiger partial charge on any atom is -0.460 e. The average Bonchev–Trinajstić information content (AvgIpc) is 3.25. The molecule has 178 valence electrons. The van der Waals surface area contributed by atoms with Crippen LogP contribution < -0.4 is 11.1 Å². The normalized spacial score (nSPS) is 10.8. The van der Waals surface area contributed by atoms with E-state index in [0.717, 1.165) is 16.7 Å². The van der Waals surface area contributed by atoms with Gasteiger partial charge in [0.05, 0.1) is 6.61 Å². The predicted octanol–water partition coefficient (Wildman–Crippen LogP) is 6.17. The quantitative estimate of drug-likeness (QED) is 0.283. The second-order valence-corrected chi connectivity index (χ2v) is 8.12. The summed E-state index contributed by atoms with van der Waals surface area (Å²) in [4.78, 5) is 29.5. The maximum atomic E-state index is 13.0. The molecule has 7 nitrogen and oxygen atoms in total. The first-order chi connectivity index (χ1) is 17.5. The van der Waals surface area contributed by atoms with Crippen LogP contribution in [0.3, 0.4) is 0 Å². The van der Waals surface area contributed by atoms with E-state index in [2.05, 4.69) is 10.3 Å². The number of benzene rings is 3. The average molecular weight is 478 g/mol. The monoisotopic (exact) mass is 477 g/mol. The van der Waals surface area contributed by atoms with Crippen LogP contribution in [0, 0.1) is 0 Å². The van der Waals surface area contributed by atoms with Gasteiger partial charge in [-0.15, -0.1) is 0 Å². The third kappa shape index (κ3) is 4.54. The Morgan fingerprint density at radius 1 is 0.889 bits per heavy atom. The van der Waals surface area contributed by atoms with E-state index in [4.69, 9.17) is 14.9 Å². The fourth-order valence-electron chi connectivity index (χ4n) is 3.95. The zero-order valence-corrected chi connectivity index (χ0v) is 19.5. The summed E-state index contributed by atoms with van der Waals surface area (Å²) in [5.74, 6) is -0.935. The van der Waals surface area contributed by atoms with E-state index in [1.807, 2.05) is 60.7 Å². The molecule has 7 heteroatoms. The zero-order valence-electron chi connectivity index (χ0n) is 19.5. The highest BCUT2D eigenvalue weighted by molar-refractivity contribution is 6.05. The van der Waals surface area contributed by atoms with Crippen molar-refractivity contribution in [3.63, 3.8) is 0 Å². The summed E-state index contributed by atoms with van der Waals surface area (Å²) in [6, 6.07) is 26.6. The number of rotatable bonds is 6. The molecule has 0 atom stereocenters. The molecule has 0 bridgehead atoms. The van der Waals surface area contributed by atoms with E-state index in [9.17, 15) is 9.59 Å². The van der Waals surface area contributed by atoms with Gasteiger partial charge in [-0.05, 0) is 53.9 Å². The van der Waals surface area contributed by atoms with E-state index in [-0.39, 0.29) is 24.0 Å². The molecule has 0 saturated heterocycles. The predicted molar refractivity (Wildman–Crippen MR) is 140 cm³/mol. The van der Waals surface area contributed by atoms with Crippen molar-refractivity contribution in [3.05, 3.63) is 102 Å². The van der Waals surface area contributed by atoms with Gasteiger partial charge in [-0.1, -0.05) is 54.6 Å². The van der Waals surface area contributed by atoms with Gasteiger partial charge in [0, 0.05) is 23.0 Å². The lowest BCUT2D eigenvalue weighted by molar-refractivity contribution is 0.0494. The van der Waals surface area contributed by atoms with Crippen LogP contribution in [-0.4, -0.2) is 23.5 Å². The minimum absolute atomic E-state index is 0.0673. The van der Waals surface area contributed by atoms with Crippen molar-refractivity contribution in [3.8, 4) is 22.3 Å². The number of carbonyl (C=O) groups excluding carboxylic acids is 2. The number of pyridine rings is 1. The number of hydrogen-bond acceptors (Lipinski definition) is 6. The SMILES string of the molecule is CCOC(=O)c1oc2cc(-c3cccc(C(=O)Nc4cccc(-c5ccccc5)c4)c3)cnc2c1N. The lowest BCUT2D eigenvalue weighted by Gasteiger charge is -2.09. The van der Waals surface area contributed by atoms with Gasteiger partial charge < -0.3 is 20.2 Å². The number of nitrogen functional groups attached to an aromatic ring is 1. The van der Waals surface area contributed by atoms with E-state index >= 15 is 0 Å². The van der Waals surface area contributed by atoms with Gasteiger partial charge in [0.25, 0.3) is 5.91 Å². The molecule has 3 aromatic carbocycles. The minimum atomic E-state index is -0.635. The van der Waals surface area contributed by atoms with E-state index in [1.165, 1.54) is 0 Å². The third-order valence-corrected chi connectivity index (χ3v) is 5.71. The molecule has 0 fully saturated rings. The second kappa shape index (κ2) is 9.76. The largest absolute Gasteiger partial charge is 0.460 e. The fourth-order valence-corrected chi connectivity index (χ4v) is 3.95. The molecule has 0 aliphatic carbocycles. The van der Waals surface area contributed by atoms with Crippen molar-refractivity contribution < 1.29 is 18.7 Å². The van der Waals surface area contributed by atoms with E-state index < -0.39 is 5.97 Å². The van der Waals surface area contributed by atoms with E-state index in [0.29, 0.717) is 27.9 Å². The third-order valence-electron chi connectivity index (χ3n) is 5.71. The number of amides is 1. The number of hydrogen-bond donors (Lipinski definition) is 2. The Hall–Kier alpha value is -4.91. The van der Waals surface area contributed by atoms with Crippen molar-refractivity contribution in [2.24, 2.45) is 0 Å². The lowest BCUT2D eigenvalue weighted by Crippen LogP contribution is -2.11. The molecule has 0 saturated carbocycles. The number of anilines is 2. The van der Waals surface area contributed by atoms with Gasteiger partial charge in [0.15, 0.2) is 5.58 Å². The van der Waals surface area contributed by atoms with Crippen LogP contribution in [0.25, 0.3) is 33.4 Å². The number of carbonyl (C=O) groups is 2.